The van der Waals surface area contributed by atoms with Crippen molar-refractivity contribution < 1.29 is 22.7 Å². The van der Waals surface area contributed by atoms with Crippen molar-refractivity contribution >= 4 is 49.7 Å². The van der Waals surface area contributed by atoms with E-state index in [4.69, 9.17) is 16.2 Å². The first kappa shape index (κ1) is 16.1. The van der Waals surface area contributed by atoms with Gasteiger partial charge in [0.1, 0.15) is 10.5 Å². The van der Waals surface area contributed by atoms with Crippen molar-refractivity contribution in [3.05, 3.63) is 52.2 Å². The Balaban J connectivity index is 2.37. The summed E-state index contributed by atoms with van der Waals surface area (Å²) < 4.78 is 31.9. The molecule has 2 aliphatic heterocycles. The smallest absolute Gasteiger partial charge is 0.330 e. The summed E-state index contributed by atoms with van der Waals surface area (Å²) >= 11 is 6.07. The van der Waals surface area contributed by atoms with E-state index in [0.29, 0.717) is 0 Å². The van der Waals surface area contributed by atoms with E-state index >= 15 is 0 Å². The summed E-state index contributed by atoms with van der Waals surface area (Å²) in [6.07, 6.45) is 0. The number of hydrogen-bond donors (Lipinski definition) is 1. The summed E-state index contributed by atoms with van der Waals surface area (Å²) in [7, 11) is -4.47. The number of benzene rings is 2. The molecule has 0 aliphatic carbocycles. The Bertz CT molecular complexity index is 1250. The highest BCUT2D eigenvalue weighted by atomic mass is 35.5. The normalized spacial score (nSPS) is 22.3. The summed E-state index contributed by atoms with van der Waals surface area (Å²) in [5, 5.41) is 9.95. The van der Waals surface area contributed by atoms with E-state index in [9.17, 15) is 23.1 Å². The van der Waals surface area contributed by atoms with Crippen LogP contribution in [0.4, 0.5) is 0 Å². The highest BCUT2D eigenvalue weighted by Crippen LogP contribution is 2.40. The van der Waals surface area contributed by atoms with Crippen molar-refractivity contribution in [2.24, 2.45) is 0 Å². The largest absolute Gasteiger partial charge is 0.480 e. The van der Waals surface area contributed by atoms with Gasteiger partial charge in [0.2, 0.25) is 5.43 Å². The minimum atomic E-state index is -4.47. The van der Waals surface area contributed by atoms with Gasteiger partial charge in [-0.05, 0) is 48.5 Å². The lowest BCUT2D eigenvalue weighted by atomic mass is 9.92. The summed E-state index contributed by atoms with van der Waals surface area (Å²) in [4.78, 5) is 24.3. The summed E-state index contributed by atoms with van der Waals surface area (Å²) in [6, 6.07) is 8.17. The summed E-state index contributed by atoms with van der Waals surface area (Å²) in [6.45, 7) is 1.16. The number of aliphatic carboxylic acids is 1. The maximum atomic E-state index is 13.0. The number of carbonyl (C=O) groups is 1. The maximum absolute atomic E-state index is 13.0. The zero-order chi connectivity index (χ0) is 18.1. The molecular formula is C16H10ClNO6S. The molecule has 0 radical (unpaired) electrons. The van der Waals surface area contributed by atoms with Gasteiger partial charge in [-0.25, -0.2) is 13.2 Å². The van der Waals surface area contributed by atoms with Crippen LogP contribution in [0.15, 0.2) is 50.5 Å². The predicted molar refractivity (Wildman–Crippen MR) is 89.9 cm³/mol. The molecule has 0 fully saturated rings. The molecule has 2 aromatic carbocycles. The molecule has 2 aliphatic rings. The second kappa shape index (κ2) is 4.81. The molecule has 0 saturated heterocycles. The van der Waals surface area contributed by atoms with Gasteiger partial charge in [0.05, 0.1) is 10.8 Å². The third-order valence-corrected chi connectivity index (χ3v) is 7.03. The zero-order valence-electron chi connectivity index (χ0n) is 12.7. The van der Waals surface area contributed by atoms with Crippen LogP contribution in [0, 0.1) is 0 Å². The van der Waals surface area contributed by atoms with Crippen molar-refractivity contribution in [2.75, 3.05) is 0 Å². The molecule has 7 nitrogen and oxygen atoms in total. The van der Waals surface area contributed by atoms with E-state index in [-0.39, 0.29) is 36.2 Å². The SMILES string of the molecule is CC1(C(=O)O)c2ccc3oc4c(cccc4c(=O)c3c2)S(=O)(=O)N1Cl. The van der Waals surface area contributed by atoms with Gasteiger partial charge in [0.15, 0.2) is 11.1 Å². The summed E-state index contributed by atoms with van der Waals surface area (Å²) in [5.41, 5.74) is -2.50. The van der Waals surface area contributed by atoms with E-state index in [2.05, 4.69) is 0 Å². The monoisotopic (exact) mass is 379 g/mol. The van der Waals surface area contributed by atoms with Gasteiger partial charge in [-0.15, -0.1) is 0 Å². The number of para-hydroxylation sites is 1. The molecule has 1 atom stereocenters. The number of fused-ring (bicyclic) bond motifs is 3. The lowest BCUT2D eigenvalue weighted by molar-refractivity contribution is -0.146. The van der Waals surface area contributed by atoms with Gasteiger partial charge in [-0.2, -0.15) is 0 Å². The number of nitrogens with zero attached hydrogens (tertiary/aromatic N) is 1. The van der Waals surface area contributed by atoms with E-state index < -0.39 is 27.0 Å². The first-order valence-corrected chi connectivity index (χ1v) is 8.91. The van der Waals surface area contributed by atoms with Crippen LogP contribution in [0.5, 0.6) is 0 Å². The Morgan fingerprint density at radius 3 is 2.64 bits per heavy atom. The quantitative estimate of drug-likeness (QED) is 0.514. The minimum Gasteiger partial charge on any atom is -0.480 e. The molecule has 1 aromatic heterocycles. The van der Waals surface area contributed by atoms with Crippen LogP contribution in [-0.4, -0.2) is 23.3 Å². The van der Waals surface area contributed by atoms with Gasteiger partial charge in [-0.3, -0.25) is 4.79 Å². The Morgan fingerprint density at radius 1 is 1.24 bits per heavy atom. The number of rotatable bonds is 1. The molecule has 25 heavy (non-hydrogen) atoms. The molecule has 9 heteroatoms. The standard InChI is InChI=1S/C16H10ClNO6S/c1-16(15(20)21)8-5-6-11-10(7-8)13(19)9-3-2-4-12(14(9)24-11)25(22,23)18(16)17/h2-7H,1H3,(H,20,21). The average molecular weight is 380 g/mol. The first-order chi connectivity index (χ1) is 11.7. The molecule has 0 spiro atoms. The fraction of sp³-hybridized carbons (Fsp3) is 0.125. The number of halogens is 1. The second-order valence-corrected chi connectivity index (χ2v) is 8.17. The lowest BCUT2D eigenvalue weighted by Gasteiger charge is -2.32. The van der Waals surface area contributed by atoms with E-state index in [1.165, 1.54) is 36.4 Å². The topological polar surface area (TPSA) is 105 Å². The molecular weight excluding hydrogens is 370 g/mol. The van der Waals surface area contributed by atoms with Crippen LogP contribution in [0.2, 0.25) is 0 Å². The van der Waals surface area contributed by atoms with E-state index in [1.54, 1.807) is 0 Å². The maximum Gasteiger partial charge on any atom is 0.330 e. The molecule has 5 rings (SSSR count). The van der Waals surface area contributed by atoms with E-state index in [0.717, 1.165) is 6.92 Å². The number of sulfonamides is 1. The highest BCUT2D eigenvalue weighted by molar-refractivity contribution is 7.90. The second-order valence-electron chi connectivity index (χ2n) is 5.87. The van der Waals surface area contributed by atoms with Crippen molar-refractivity contribution in [1.82, 2.24) is 3.82 Å². The highest BCUT2D eigenvalue weighted by Gasteiger charge is 2.49. The molecule has 3 aromatic rings. The predicted octanol–water partition coefficient (Wildman–Crippen LogP) is 2.40. The lowest BCUT2D eigenvalue weighted by Crippen LogP contribution is -2.48. The Kier molecular flexibility index (Phi) is 3.09. The van der Waals surface area contributed by atoms with Gasteiger partial charge < -0.3 is 9.52 Å². The molecule has 6 bridgehead atoms. The van der Waals surface area contributed by atoms with Crippen molar-refractivity contribution in [1.29, 1.82) is 0 Å². The Labute approximate surface area is 146 Å². The van der Waals surface area contributed by atoms with Crippen molar-refractivity contribution in [3.8, 4) is 0 Å². The third kappa shape index (κ3) is 1.87. The van der Waals surface area contributed by atoms with Crippen LogP contribution in [0.1, 0.15) is 12.5 Å². The van der Waals surface area contributed by atoms with Crippen LogP contribution in [-0.2, 0) is 20.4 Å². The van der Waals surface area contributed by atoms with Crippen molar-refractivity contribution in [2.45, 2.75) is 17.4 Å². The molecule has 1 N–H and O–H groups in total. The average Bonchev–Trinajstić information content (AvgIpc) is 2.59. The third-order valence-electron chi connectivity index (χ3n) is 4.48. The molecule has 0 amide bonds. The minimum absolute atomic E-state index is 0.0443. The molecule has 0 saturated carbocycles. The molecule has 3 heterocycles. The number of hydrogen-bond acceptors (Lipinski definition) is 5. The fourth-order valence-corrected chi connectivity index (χ4v) is 4.85. The van der Waals surface area contributed by atoms with Crippen LogP contribution in [0.3, 0.4) is 0 Å². The van der Waals surface area contributed by atoms with Crippen LogP contribution >= 0.6 is 11.8 Å². The van der Waals surface area contributed by atoms with Crippen LogP contribution in [0.25, 0.3) is 21.9 Å². The number of carboxylic acid groups (broad SMARTS) is 1. The van der Waals surface area contributed by atoms with Gasteiger partial charge in [0.25, 0.3) is 10.0 Å². The fourth-order valence-electron chi connectivity index (χ4n) is 2.98. The number of carboxylic acids is 1. The zero-order valence-corrected chi connectivity index (χ0v) is 14.3. The van der Waals surface area contributed by atoms with Gasteiger partial charge in [0, 0.05) is 0 Å². The molecule has 128 valence electrons. The van der Waals surface area contributed by atoms with Gasteiger partial charge in [-0.1, -0.05) is 16.0 Å². The van der Waals surface area contributed by atoms with Crippen molar-refractivity contribution in [3.63, 3.8) is 0 Å². The van der Waals surface area contributed by atoms with Crippen LogP contribution < -0.4 is 5.43 Å². The van der Waals surface area contributed by atoms with Gasteiger partial charge >= 0.3 is 5.97 Å². The Morgan fingerprint density at radius 2 is 1.96 bits per heavy atom. The van der Waals surface area contributed by atoms with E-state index in [1.807, 2.05) is 0 Å². The molecule has 1 unspecified atom stereocenters. The first-order valence-electron chi connectivity index (χ1n) is 7.13. The summed E-state index contributed by atoms with van der Waals surface area (Å²) in [5.74, 6) is -1.48. The Hall–Kier alpha value is -2.42.